The van der Waals surface area contributed by atoms with Crippen molar-refractivity contribution < 1.29 is 17.9 Å². The normalized spacial score (nSPS) is 27.4. The Labute approximate surface area is 246 Å². The van der Waals surface area contributed by atoms with Gasteiger partial charge in [0.05, 0.1) is 10.6 Å². The van der Waals surface area contributed by atoms with Crippen LogP contribution in [0.3, 0.4) is 0 Å². The van der Waals surface area contributed by atoms with Crippen LogP contribution in [0.2, 0.25) is 5.02 Å². The minimum Gasteiger partial charge on any atom is -0.461 e. The molecule has 0 spiro atoms. The molecule has 0 saturated carbocycles. The zero-order valence-electron chi connectivity index (χ0n) is 23.3. The van der Waals surface area contributed by atoms with E-state index >= 15 is 4.39 Å². The third-order valence-electron chi connectivity index (χ3n) is 9.63. The highest BCUT2D eigenvalue weighted by molar-refractivity contribution is 6.35. The van der Waals surface area contributed by atoms with Crippen LogP contribution < -0.4 is 20.7 Å². The van der Waals surface area contributed by atoms with Crippen molar-refractivity contribution in [2.24, 2.45) is 0 Å². The minimum absolute atomic E-state index is 0.00873. The maximum atomic E-state index is 16.8. The number of nitrogens with two attached hydrogens (primary N) is 1. The number of hydrogen-bond donors (Lipinski definition) is 2. The van der Waals surface area contributed by atoms with Gasteiger partial charge in [0.1, 0.15) is 29.6 Å². The largest absolute Gasteiger partial charge is 0.461 e. The molecule has 4 aliphatic rings. The van der Waals surface area contributed by atoms with Gasteiger partial charge in [0.25, 0.3) is 6.01 Å². The van der Waals surface area contributed by atoms with Crippen molar-refractivity contribution in [1.82, 2.24) is 25.2 Å². The second-order valence-corrected chi connectivity index (χ2v) is 12.7. The quantitative estimate of drug-likeness (QED) is 0.329. The number of halogens is 3. The predicted molar refractivity (Wildman–Crippen MR) is 157 cm³/mol. The number of aromatic nitrogens is 3. The highest BCUT2D eigenvalue weighted by Crippen LogP contribution is 2.44. The van der Waals surface area contributed by atoms with Gasteiger partial charge in [0.2, 0.25) is 0 Å². The van der Waals surface area contributed by atoms with Gasteiger partial charge in [-0.05, 0) is 56.8 Å². The molecular formula is C30H32ClF2N7O2. The van der Waals surface area contributed by atoms with Gasteiger partial charge in [-0.2, -0.15) is 15.0 Å². The molecule has 4 fully saturated rings. The fraction of sp³-hybridized carbons (Fsp3) is 0.500. The van der Waals surface area contributed by atoms with Crippen molar-refractivity contribution in [2.75, 3.05) is 43.4 Å². The summed E-state index contributed by atoms with van der Waals surface area (Å²) in [5, 5.41) is 4.37. The first kappa shape index (κ1) is 26.4. The minimum atomic E-state index is -0.878. The molecule has 3 N–H and O–H groups in total. The Balaban J connectivity index is 1.28. The molecule has 2 aromatic carbocycles. The van der Waals surface area contributed by atoms with Crippen LogP contribution in [-0.4, -0.2) is 76.4 Å². The number of nitrogens with one attached hydrogen (secondary N) is 1. The van der Waals surface area contributed by atoms with Crippen LogP contribution in [0.15, 0.2) is 22.6 Å². The molecule has 4 atom stereocenters. The van der Waals surface area contributed by atoms with Gasteiger partial charge in [0, 0.05) is 54.7 Å². The summed E-state index contributed by atoms with van der Waals surface area (Å²) in [7, 11) is 0. The van der Waals surface area contributed by atoms with Crippen molar-refractivity contribution in [2.45, 2.75) is 62.8 Å². The Morgan fingerprint density at radius 1 is 1.14 bits per heavy atom. The van der Waals surface area contributed by atoms with Gasteiger partial charge >= 0.3 is 6.01 Å². The molecule has 8 rings (SSSR count). The zero-order valence-corrected chi connectivity index (χ0v) is 24.1. The van der Waals surface area contributed by atoms with Crippen LogP contribution in [-0.2, 0) is 0 Å². The van der Waals surface area contributed by atoms with E-state index < -0.39 is 12.0 Å². The standard InChI is InChI=1S/C30H32ClF2N7O2/c1-15-3-6-21-26(36-28(34)42-21)22(15)23-20(31)9-19-25(24(23)33)37-29(38-27(19)39-12-17-4-5-18(13-39)35-17)41-14-30-7-2-8-40(30)11-16(32)10-30/h3,6,9,16-18,35H,2,4-5,7-8,10-14H2,1H3,(H2,34,36)/t16-,17?,18?,30+/m1/s1. The number of benzene rings is 2. The molecule has 0 amide bonds. The number of nitrogens with zero attached hydrogens (tertiary/aromatic N) is 5. The Hall–Kier alpha value is -3.28. The van der Waals surface area contributed by atoms with Crippen LogP contribution in [0.5, 0.6) is 6.01 Å². The smallest absolute Gasteiger partial charge is 0.319 e. The average molecular weight is 596 g/mol. The SMILES string of the molecule is Cc1ccc2oc(N)nc2c1-c1c(Cl)cc2c(N3CC4CCC(C3)N4)nc(OC[C@@]34CCCN3C[C@H](F)C4)nc2c1F. The van der Waals surface area contributed by atoms with Crippen molar-refractivity contribution >= 4 is 45.4 Å². The summed E-state index contributed by atoms with van der Waals surface area (Å²) in [5.74, 6) is 0.00329. The second-order valence-electron chi connectivity index (χ2n) is 12.3. The monoisotopic (exact) mass is 595 g/mol. The maximum Gasteiger partial charge on any atom is 0.319 e. The summed E-state index contributed by atoms with van der Waals surface area (Å²) in [6.45, 7) is 4.87. The summed E-state index contributed by atoms with van der Waals surface area (Å²) >= 11 is 6.88. The lowest BCUT2D eigenvalue weighted by Gasteiger charge is -2.34. The van der Waals surface area contributed by atoms with Crippen LogP contribution in [0.1, 0.15) is 37.7 Å². The van der Waals surface area contributed by atoms with Gasteiger partial charge < -0.3 is 25.1 Å². The lowest BCUT2D eigenvalue weighted by atomic mass is 9.95. The highest BCUT2D eigenvalue weighted by Gasteiger charge is 2.49. The molecule has 0 radical (unpaired) electrons. The number of aryl methyl sites for hydroxylation is 1. The van der Waals surface area contributed by atoms with E-state index in [2.05, 4.69) is 25.1 Å². The summed E-state index contributed by atoms with van der Waals surface area (Å²) in [6.07, 6.45) is 3.56. The Bertz CT molecular complexity index is 1720. The van der Waals surface area contributed by atoms with Gasteiger partial charge in [-0.15, -0.1) is 0 Å². The first-order valence-electron chi connectivity index (χ1n) is 14.7. The number of anilines is 2. The van der Waals surface area contributed by atoms with Crippen molar-refractivity contribution in [3.05, 3.63) is 34.6 Å². The molecule has 2 bridgehead atoms. The third-order valence-corrected chi connectivity index (χ3v) is 9.92. The Kier molecular flexibility index (Phi) is 6.04. The molecule has 12 heteroatoms. The number of hydrogen-bond acceptors (Lipinski definition) is 9. The molecular weight excluding hydrogens is 564 g/mol. The van der Waals surface area contributed by atoms with Crippen LogP contribution >= 0.6 is 11.6 Å². The van der Waals surface area contributed by atoms with Gasteiger partial charge in [-0.1, -0.05) is 17.7 Å². The third kappa shape index (κ3) is 4.11. The van der Waals surface area contributed by atoms with E-state index in [4.69, 9.17) is 31.5 Å². The molecule has 4 aromatic rings. The zero-order chi connectivity index (χ0) is 28.7. The molecule has 9 nitrogen and oxygen atoms in total. The molecule has 4 aliphatic heterocycles. The molecule has 220 valence electrons. The summed E-state index contributed by atoms with van der Waals surface area (Å²) < 4.78 is 43.0. The number of oxazole rings is 1. The summed E-state index contributed by atoms with van der Waals surface area (Å²) in [5.41, 5.74) is 7.90. The van der Waals surface area contributed by atoms with E-state index in [0.717, 1.165) is 50.9 Å². The molecule has 6 heterocycles. The number of nitrogen functional groups attached to an aromatic ring is 1. The van der Waals surface area contributed by atoms with Gasteiger partial charge in [-0.3, -0.25) is 4.90 Å². The number of fused-ring (bicyclic) bond motifs is 5. The number of alkyl halides is 1. The average Bonchev–Trinajstić information content (AvgIpc) is 3.70. The second kappa shape index (κ2) is 9.62. The van der Waals surface area contributed by atoms with Crippen molar-refractivity contribution in [3.8, 4) is 17.1 Å². The number of ether oxygens (including phenoxy) is 1. The van der Waals surface area contributed by atoms with E-state index in [1.807, 2.05) is 13.0 Å². The fourth-order valence-corrected chi connectivity index (χ4v) is 8.03. The molecule has 2 unspecified atom stereocenters. The van der Waals surface area contributed by atoms with E-state index in [1.165, 1.54) is 0 Å². The lowest BCUT2D eigenvalue weighted by molar-refractivity contribution is 0.107. The van der Waals surface area contributed by atoms with Crippen molar-refractivity contribution in [1.29, 1.82) is 0 Å². The summed E-state index contributed by atoms with van der Waals surface area (Å²) in [4.78, 5) is 18.2. The van der Waals surface area contributed by atoms with E-state index in [0.29, 0.717) is 52.9 Å². The first-order chi connectivity index (χ1) is 20.3. The van der Waals surface area contributed by atoms with Crippen molar-refractivity contribution in [3.63, 3.8) is 0 Å². The van der Waals surface area contributed by atoms with E-state index in [-0.39, 0.29) is 40.3 Å². The van der Waals surface area contributed by atoms with Crippen LogP contribution in [0, 0.1) is 12.7 Å². The van der Waals surface area contributed by atoms with E-state index in [1.54, 1.807) is 12.1 Å². The molecule has 4 saturated heterocycles. The van der Waals surface area contributed by atoms with Crippen LogP contribution in [0.25, 0.3) is 33.1 Å². The van der Waals surface area contributed by atoms with Gasteiger partial charge in [0.15, 0.2) is 11.4 Å². The molecule has 2 aromatic heterocycles. The number of piperazine rings is 1. The first-order valence-corrected chi connectivity index (χ1v) is 15.0. The fourth-order valence-electron chi connectivity index (χ4n) is 7.74. The van der Waals surface area contributed by atoms with Crippen LogP contribution in [0.4, 0.5) is 20.6 Å². The number of rotatable bonds is 5. The lowest BCUT2D eigenvalue weighted by Crippen LogP contribution is -2.51. The molecule has 42 heavy (non-hydrogen) atoms. The maximum absolute atomic E-state index is 16.8. The summed E-state index contributed by atoms with van der Waals surface area (Å²) in [6, 6.07) is 6.06. The Morgan fingerprint density at radius 3 is 2.76 bits per heavy atom. The van der Waals surface area contributed by atoms with Gasteiger partial charge in [-0.25, -0.2) is 8.78 Å². The highest BCUT2D eigenvalue weighted by atomic mass is 35.5. The van der Waals surface area contributed by atoms with E-state index in [9.17, 15) is 4.39 Å². The topological polar surface area (TPSA) is 106 Å². The predicted octanol–water partition coefficient (Wildman–Crippen LogP) is 5.02. The Morgan fingerprint density at radius 2 is 1.95 bits per heavy atom. The molecule has 0 aliphatic carbocycles.